The Morgan fingerprint density at radius 2 is 1.86 bits per heavy atom. The quantitative estimate of drug-likeness (QED) is 0.471. The standard InChI is InChI=1S/C20H18ClN3O3S/c1-2-16-18(26)23-20(24(19(16)27)15-6-4-3-5-7-15)28-12-17(25)22-14-10-8-13(21)9-11-14/h3-11,26H,2,12H2,1H3,(H,22,25). The first-order chi connectivity index (χ1) is 13.5. The third-order valence-electron chi connectivity index (χ3n) is 3.95. The van der Waals surface area contributed by atoms with Crippen LogP contribution < -0.4 is 10.9 Å². The number of benzene rings is 2. The Morgan fingerprint density at radius 1 is 1.18 bits per heavy atom. The molecule has 0 aliphatic carbocycles. The number of hydrogen-bond donors (Lipinski definition) is 2. The summed E-state index contributed by atoms with van der Waals surface area (Å²) in [5.74, 6) is -0.548. The largest absolute Gasteiger partial charge is 0.493 e. The Balaban J connectivity index is 1.86. The Kier molecular flexibility index (Phi) is 6.38. The van der Waals surface area contributed by atoms with Crippen molar-refractivity contribution in [3.63, 3.8) is 0 Å². The van der Waals surface area contributed by atoms with Crippen molar-refractivity contribution in [2.75, 3.05) is 11.1 Å². The number of hydrogen-bond acceptors (Lipinski definition) is 5. The number of aromatic nitrogens is 2. The van der Waals surface area contributed by atoms with Crippen molar-refractivity contribution in [1.82, 2.24) is 9.55 Å². The number of amides is 1. The van der Waals surface area contributed by atoms with Crippen LogP contribution in [0.1, 0.15) is 12.5 Å². The number of carbonyl (C=O) groups is 1. The molecule has 0 saturated heterocycles. The molecule has 0 aliphatic rings. The summed E-state index contributed by atoms with van der Waals surface area (Å²) in [5.41, 5.74) is 1.13. The maximum atomic E-state index is 12.8. The molecule has 0 saturated carbocycles. The normalized spacial score (nSPS) is 10.6. The molecule has 1 aromatic heterocycles. The number of aromatic hydroxyl groups is 1. The summed E-state index contributed by atoms with van der Waals surface area (Å²) in [6.07, 6.45) is 0.354. The number of thioether (sulfide) groups is 1. The van der Waals surface area contributed by atoms with Crippen LogP contribution in [0.5, 0.6) is 5.88 Å². The molecule has 3 rings (SSSR count). The minimum absolute atomic E-state index is 0.0206. The molecule has 1 amide bonds. The van der Waals surface area contributed by atoms with Crippen molar-refractivity contribution in [3.8, 4) is 11.6 Å². The zero-order valence-electron chi connectivity index (χ0n) is 15.1. The topological polar surface area (TPSA) is 84.2 Å². The highest BCUT2D eigenvalue weighted by Gasteiger charge is 2.17. The first-order valence-electron chi connectivity index (χ1n) is 8.58. The van der Waals surface area contributed by atoms with Crippen LogP contribution in [0.15, 0.2) is 64.5 Å². The van der Waals surface area contributed by atoms with E-state index in [9.17, 15) is 14.7 Å². The second-order valence-corrected chi connectivity index (χ2v) is 7.25. The van der Waals surface area contributed by atoms with Gasteiger partial charge in [0.1, 0.15) is 0 Å². The van der Waals surface area contributed by atoms with E-state index >= 15 is 0 Å². The van der Waals surface area contributed by atoms with Crippen LogP contribution in [0.3, 0.4) is 0 Å². The van der Waals surface area contributed by atoms with Gasteiger partial charge in [-0.05, 0) is 42.8 Å². The van der Waals surface area contributed by atoms with E-state index in [0.717, 1.165) is 11.8 Å². The first kappa shape index (κ1) is 20.0. The molecule has 0 radical (unpaired) electrons. The minimum atomic E-state index is -0.346. The number of para-hydroxylation sites is 1. The Morgan fingerprint density at radius 3 is 2.50 bits per heavy atom. The predicted octanol–water partition coefficient (Wildman–Crippen LogP) is 3.88. The molecule has 1 heterocycles. The van der Waals surface area contributed by atoms with Crippen LogP contribution in [-0.4, -0.2) is 26.3 Å². The molecule has 3 aromatic rings. The van der Waals surface area contributed by atoms with Gasteiger partial charge >= 0.3 is 0 Å². The van der Waals surface area contributed by atoms with Gasteiger partial charge in [-0.2, -0.15) is 4.98 Å². The van der Waals surface area contributed by atoms with E-state index in [0.29, 0.717) is 22.8 Å². The van der Waals surface area contributed by atoms with E-state index in [4.69, 9.17) is 11.6 Å². The lowest BCUT2D eigenvalue weighted by molar-refractivity contribution is -0.113. The van der Waals surface area contributed by atoms with Gasteiger partial charge in [-0.3, -0.25) is 14.2 Å². The summed E-state index contributed by atoms with van der Waals surface area (Å²) in [7, 11) is 0. The molecule has 0 bridgehead atoms. The van der Waals surface area contributed by atoms with Gasteiger partial charge in [0.05, 0.1) is 17.0 Å². The van der Waals surface area contributed by atoms with Crippen molar-refractivity contribution >= 4 is 35.0 Å². The van der Waals surface area contributed by atoms with Gasteiger partial charge in [0.2, 0.25) is 11.8 Å². The molecule has 28 heavy (non-hydrogen) atoms. The van der Waals surface area contributed by atoms with Crippen molar-refractivity contribution in [1.29, 1.82) is 0 Å². The molecule has 2 aromatic carbocycles. The fraction of sp³-hybridized carbons (Fsp3) is 0.150. The maximum absolute atomic E-state index is 12.8. The van der Waals surface area contributed by atoms with Crippen LogP contribution in [0.2, 0.25) is 5.02 Å². The van der Waals surface area contributed by atoms with Crippen molar-refractivity contribution in [3.05, 3.63) is 75.5 Å². The fourth-order valence-electron chi connectivity index (χ4n) is 2.60. The number of nitrogens with zero attached hydrogens (tertiary/aromatic N) is 2. The number of nitrogens with one attached hydrogen (secondary N) is 1. The second kappa shape index (κ2) is 8.95. The Labute approximate surface area is 171 Å². The lowest BCUT2D eigenvalue weighted by atomic mass is 10.2. The molecule has 0 unspecified atom stereocenters. The third-order valence-corrected chi connectivity index (χ3v) is 5.14. The van der Waals surface area contributed by atoms with Crippen molar-refractivity contribution in [2.45, 2.75) is 18.5 Å². The van der Waals surface area contributed by atoms with Gasteiger partial charge in [0.15, 0.2) is 5.16 Å². The molecule has 0 aliphatic heterocycles. The summed E-state index contributed by atoms with van der Waals surface area (Å²) in [6, 6.07) is 15.8. The van der Waals surface area contributed by atoms with Gasteiger partial charge < -0.3 is 10.4 Å². The summed E-state index contributed by atoms with van der Waals surface area (Å²) in [6.45, 7) is 1.78. The summed E-state index contributed by atoms with van der Waals surface area (Å²) in [5, 5.41) is 13.7. The highest BCUT2D eigenvalue weighted by molar-refractivity contribution is 7.99. The Bertz CT molecular complexity index is 1040. The molecule has 6 nitrogen and oxygen atoms in total. The van der Waals surface area contributed by atoms with Crippen molar-refractivity contribution < 1.29 is 9.90 Å². The molecule has 0 atom stereocenters. The summed E-state index contributed by atoms with van der Waals surface area (Å²) >= 11 is 6.91. The van der Waals surface area contributed by atoms with Crippen LogP contribution in [0, 0.1) is 0 Å². The highest BCUT2D eigenvalue weighted by atomic mass is 35.5. The molecular formula is C20H18ClN3O3S. The lowest BCUT2D eigenvalue weighted by Gasteiger charge is -2.14. The molecule has 2 N–H and O–H groups in total. The zero-order valence-corrected chi connectivity index (χ0v) is 16.6. The minimum Gasteiger partial charge on any atom is -0.493 e. The molecular weight excluding hydrogens is 398 g/mol. The smallest absolute Gasteiger partial charge is 0.265 e. The van der Waals surface area contributed by atoms with Crippen LogP contribution >= 0.6 is 23.4 Å². The fourth-order valence-corrected chi connectivity index (χ4v) is 3.52. The van der Waals surface area contributed by atoms with Crippen molar-refractivity contribution in [2.24, 2.45) is 0 Å². The molecule has 8 heteroatoms. The first-order valence-corrected chi connectivity index (χ1v) is 9.94. The molecule has 0 fully saturated rings. The molecule has 0 spiro atoms. The van der Waals surface area contributed by atoms with Crippen LogP contribution in [-0.2, 0) is 11.2 Å². The van der Waals surface area contributed by atoms with Gasteiger partial charge in [-0.1, -0.05) is 48.5 Å². The SMILES string of the molecule is CCc1c(O)nc(SCC(=O)Nc2ccc(Cl)cc2)n(-c2ccccc2)c1=O. The number of anilines is 1. The summed E-state index contributed by atoms with van der Waals surface area (Å²) in [4.78, 5) is 29.3. The van der Waals surface area contributed by atoms with Crippen LogP contribution in [0.25, 0.3) is 5.69 Å². The third kappa shape index (κ3) is 4.55. The van der Waals surface area contributed by atoms with Gasteiger partial charge in [-0.15, -0.1) is 0 Å². The monoisotopic (exact) mass is 415 g/mol. The van der Waals surface area contributed by atoms with E-state index in [1.165, 1.54) is 4.57 Å². The average molecular weight is 416 g/mol. The van der Waals surface area contributed by atoms with Crippen LogP contribution in [0.4, 0.5) is 5.69 Å². The lowest BCUT2D eigenvalue weighted by Crippen LogP contribution is -2.25. The van der Waals surface area contributed by atoms with Gasteiger partial charge in [0.25, 0.3) is 5.56 Å². The van der Waals surface area contributed by atoms with E-state index in [-0.39, 0.29) is 33.8 Å². The number of halogens is 1. The number of carbonyl (C=O) groups excluding carboxylic acids is 1. The van der Waals surface area contributed by atoms with Gasteiger partial charge in [0, 0.05) is 10.7 Å². The maximum Gasteiger partial charge on any atom is 0.265 e. The Hall–Kier alpha value is -2.77. The summed E-state index contributed by atoms with van der Waals surface area (Å²) < 4.78 is 1.42. The van der Waals surface area contributed by atoms with E-state index in [2.05, 4.69) is 10.3 Å². The van der Waals surface area contributed by atoms with E-state index in [1.807, 2.05) is 18.2 Å². The predicted molar refractivity (Wildman–Crippen MR) is 112 cm³/mol. The van der Waals surface area contributed by atoms with Gasteiger partial charge in [-0.25, -0.2) is 0 Å². The number of rotatable bonds is 6. The second-order valence-electron chi connectivity index (χ2n) is 5.87. The van der Waals surface area contributed by atoms with E-state index < -0.39 is 0 Å². The zero-order chi connectivity index (χ0) is 20.1. The van der Waals surface area contributed by atoms with E-state index in [1.54, 1.807) is 43.3 Å². The average Bonchev–Trinajstić information content (AvgIpc) is 2.69. The molecule has 144 valence electrons. The highest BCUT2D eigenvalue weighted by Crippen LogP contribution is 2.23.